The molecule has 0 saturated carbocycles. The van der Waals surface area contributed by atoms with Gasteiger partial charge in [-0.05, 0) is 111 Å². The number of aryl methyl sites for hydroxylation is 1. The molecule has 0 amide bonds. The fourth-order valence-electron chi connectivity index (χ4n) is 5.09. The summed E-state index contributed by atoms with van der Waals surface area (Å²) < 4.78 is 32.5. The second-order valence-corrected chi connectivity index (χ2v) is 10.5. The molecule has 188 valence electrons. The molecule has 0 spiro atoms. The highest BCUT2D eigenvalue weighted by Gasteiger charge is 2.28. The van der Waals surface area contributed by atoms with Crippen molar-refractivity contribution in [2.75, 3.05) is 39.1 Å². The smallest absolute Gasteiger partial charge is 0.136 e. The van der Waals surface area contributed by atoms with Gasteiger partial charge < -0.3 is 14.7 Å². The van der Waals surface area contributed by atoms with Crippen LogP contribution in [0.2, 0.25) is 0 Å². The lowest BCUT2D eigenvalue weighted by Crippen LogP contribution is -2.42. The van der Waals surface area contributed by atoms with Gasteiger partial charge in [-0.2, -0.15) is 0 Å². The van der Waals surface area contributed by atoms with Gasteiger partial charge in [0.2, 0.25) is 0 Å². The summed E-state index contributed by atoms with van der Waals surface area (Å²) >= 11 is 1.37. The van der Waals surface area contributed by atoms with Gasteiger partial charge in [0.15, 0.2) is 0 Å². The number of rotatable bonds is 11. The first-order chi connectivity index (χ1) is 17.1. The van der Waals surface area contributed by atoms with Crippen molar-refractivity contribution < 1.29 is 18.6 Å². The highest BCUT2D eigenvalue weighted by Crippen LogP contribution is 2.30. The number of hydrogen-bond donors (Lipinski definition) is 1. The number of thioether (sulfide) groups is 1. The van der Waals surface area contributed by atoms with Crippen molar-refractivity contribution in [1.82, 2.24) is 9.88 Å². The number of aliphatic hydroxyl groups excluding tert-OH is 1. The summed E-state index contributed by atoms with van der Waals surface area (Å²) in [5.41, 5.74) is 2.28. The van der Waals surface area contributed by atoms with Crippen molar-refractivity contribution in [2.24, 2.45) is 11.8 Å². The van der Waals surface area contributed by atoms with Crippen molar-refractivity contribution in [2.45, 2.75) is 37.0 Å². The number of aliphatic hydroxyl groups is 1. The van der Waals surface area contributed by atoms with Gasteiger partial charge in [-0.1, -0.05) is 0 Å². The zero-order chi connectivity index (χ0) is 24.6. The third-order valence-electron chi connectivity index (χ3n) is 7.04. The maximum absolute atomic E-state index is 13.8. The van der Waals surface area contributed by atoms with Crippen LogP contribution in [0, 0.1) is 23.5 Å². The van der Waals surface area contributed by atoms with Crippen LogP contribution in [0.1, 0.15) is 31.2 Å². The summed E-state index contributed by atoms with van der Waals surface area (Å²) in [4.78, 5) is 7.25. The molecule has 1 saturated heterocycles. The Hall–Kier alpha value is -2.22. The largest absolute Gasteiger partial charge is 0.497 e. The maximum atomic E-state index is 13.8. The molecule has 0 unspecified atom stereocenters. The Labute approximate surface area is 210 Å². The summed E-state index contributed by atoms with van der Waals surface area (Å²) in [5.74, 6) is 1.63. The molecular weight excluding hydrogens is 466 g/mol. The van der Waals surface area contributed by atoms with E-state index in [4.69, 9.17) is 4.74 Å². The van der Waals surface area contributed by atoms with Gasteiger partial charge in [0.05, 0.1) is 12.6 Å². The van der Waals surface area contributed by atoms with Gasteiger partial charge in [-0.15, -0.1) is 11.8 Å². The van der Waals surface area contributed by atoms with Crippen molar-refractivity contribution in [1.29, 1.82) is 0 Å². The molecule has 7 heteroatoms. The Morgan fingerprint density at radius 1 is 1.11 bits per heavy atom. The van der Waals surface area contributed by atoms with E-state index < -0.39 is 5.82 Å². The predicted octanol–water partition coefficient (Wildman–Crippen LogP) is 5.96. The van der Waals surface area contributed by atoms with Crippen molar-refractivity contribution in [3.63, 3.8) is 0 Å². The molecule has 0 radical (unpaired) electrons. The number of likely N-dealkylation sites (tertiary alicyclic amines) is 1. The van der Waals surface area contributed by atoms with E-state index in [2.05, 4.69) is 22.0 Å². The maximum Gasteiger partial charge on any atom is 0.136 e. The first-order valence-corrected chi connectivity index (χ1v) is 13.4. The van der Waals surface area contributed by atoms with Gasteiger partial charge in [-0.25, -0.2) is 8.78 Å². The van der Waals surface area contributed by atoms with E-state index in [1.807, 2.05) is 18.3 Å². The molecule has 3 aromatic rings. The number of nitrogens with zero attached hydrogens (tertiary/aromatic N) is 2. The van der Waals surface area contributed by atoms with E-state index in [-0.39, 0.29) is 18.3 Å². The summed E-state index contributed by atoms with van der Waals surface area (Å²) in [6, 6.07) is 11.7. The SMILES string of the molecule is COc1ccc2nccc(CCC[C@@H]3CCN(CCCSc4cc(F)ccc4F)C[C@@H]3CO)c2c1. The van der Waals surface area contributed by atoms with E-state index in [1.54, 1.807) is 7.11 Å². The number of hydrogen-bond acceptors (Lipinski definition) is 5. The number of aromatic nitrogens is 1. The number of ether oxygens (including phenoxy) is 1. The van der Waals surface area contributed by atoms with E-state index >= 15 is 0 Å². The second kappa shape index (κ2) is 12.7. The lowest BCUT2D eigenvalue weighted by Gasteiger charge is -2.38. The van der Waals surface area contributed by atoms with Crippen molar-refractivity contribution in [3.8, 4) is 5.75 Å². The number of fused-ring (bicyclic) bond motifs is 1. The first kappa shape index (κ1) is 25.9. The second-order valence-electron chi connectivity index (χ2n) is 9.31. The van der Waals surface area contributed by atoms with Crippen LogP contribution in [0.15, 0.2) is 53.6 Å². The summed E-state index contributed by atoms with van der Waals surface area (Å²) in [6.45, 7) is 3.04. The molecule has 1 aliphatic heterocycles. The molecule has 4 rings (SSSR count). The van der Waals surface area contributed by atoms with Crippen LogP contribution in [0.25, 0.3) is 10.9 Å². The number of halogens is 2. The van der Waals surface area contributed by atoms with E-state index in [9.17, 15) is 13.9 Å². The van der Waals surface area contributed by atoms with E-state index in [0.717, 1.165) is 80.2 Å². The molecular formula is C28H34F2N2O2S. The molecule has 1 aliphatic rings. The number of piperidine rings is 1. The Balaban J connectivity index is 1.22. The highest BCUT2D eigenvalue weighted by atomic mass is 32.2. The summed E-state index contributed by atoms with van der Waals surface area (Å²) in [7, 11) is 1.68. The Bertz CT molecular complexity index is 1110. The molecule has 2 heterocycles. The van der Waals surface area contributed by atoms with Crippen LogP contribution in [-0.2, 0) is 6.42 Å². The van der Waals surface area contributed by atoms with Gasteiger partial charge >= 0.3 is 0 Å². The van der Waals surface area contributed by atoms with E-state index in [1.165, 1.54) is 29.5 Å². The zero-order valence-electron chi connectivity index (χ0n) is 20.3. The molecule has 2 aromatic carbocycles. The molecule has 1 aromatic heterocycles. The fraction of sp³-hybridized carbons (Fsp3) is 0.464. The van der Waals surface area contributed by atoms with Crippen LogP contribution in [0.5, 0.6) is 5.75 Å². The minimum atomic E-state index is -0.404. The lowest BCUT2D eigenvalue weighted by molar-refractivity contribution is 0.0677. The third kappa shape index (κ3) is 6.93. The normalized spacial score (nSPS) is 18.7. The van der Waals surface area contributed by atoms with Crippen LogP contribution < -0.4 is 4.74 Å². The average molecular weight is 501 g/mol. The highest BCUT2D eigenvalue weighted by molar-refractivity contribution is 7.99. The standard InChI is InChI=1S/C28H34F2N2O2S/c1-34-24-7-9-27-25(17-24)21(10-12-31-27)5-2-4-20-11-14-32(18-22(20)19-33)13-3-15-35-28-16-23(29)6-8-26(28)30/h6-10,12,16-17,20,22,33H,2-5,11,13-15,18-19H2,1H3/t20-,22-/m1/s1. The number of methoxy groups -OCH3 is 1. The summed E-state index contributed by atoms with van der Waals surface area (Å²) in [5, 5.41) is 11.2. The molecule has 2 atom stereocenters. The molecule has 0 aliphatic carbocycles. The molecule has 35 heavy (non-hydrogen) atoms. The van der Waals surface area contributed by atoms with Crippen molar-refractivity contribution >= 4 is 22.7 Å². The Morgan fingerprint density at radius 3 is 2.83 bits per heavy atom. The topological polar surface area (TPSA) is 45.6 Å². The Morgan fingerprint density at radius 2 is 2.00 bits per heavy atom. The predicted molar refractivity (Wildman–Crippen MR) is 138 cm³/mol. The monoisotopic (exact) mass is 500 g/mol. The van der Waals surface area contributed by atoms with Crippen LogP contribution in [0.3, 0.4) is 0 Å². The average Bonchev–Trinajstić information content (AvgIpc) is 2.88. The van der Waals surface area contributed by atoms with Crippen LogP contribution in [-0.4, -0.2) is 54.1 Å². The van der Waals surface area contributed by atoms with Gasteiger partial charge in [0.25, 0.3) is 0 Å². The lowest BCUT2D eigenvalue weighted by atomic mass is 9.82. The third-order valence-corrected chi connectivity index (χ3v) is 8.16. The van der Waals surface area contributed by atoms with Crippen LogP contribution in [0.4, 0.5) is 8.78 Å². The van der Waals surface area contributed by atoms with Crippen molar-refractivity contribution in [3.05, 3.63) is 65.9 Å². The quantitative estimate of drug-likeness (QED) is 0.260. The van der Waals surface area contributed by atoms with Gasteiger partial charge in [0.1, 0.15) is 17.4 Å². The summed E-state index contributed by atoms with van der Waals surface area (Å²) in [6.07, 6.45) is 7.03. The first-order valence-electron chi connectivity index (χ1n) is 12.4. The minimum absolute atomic E-state index is 0.208. The molecule has 4 nitrogen and oxygen atoms in total. The van der Waals surface area contributed by atoms with E-state index in [0.29, 0.717) is 10.8 Å². The molecule has 1 fully saturated rings. The van der Waals surface area contributed by atoms with Gasteiger partial charge in [-0.3, -0.25) is 4.98 Å². The number of pyridine rings is 1. The van der Waals surface area contributed by atoms with Crippen LogP contribution >= 0.6 is 11.8 Å². The molecule has 1 N–H and O–H groups in total. The Kier molecular flexibility index (Phi) is 9.35. The molecule has 0 bridgehead atoms. The zero-order valence-corrected chi connectivity index (χ0v) is 21.1. The van der Waals surface area contributed by atoms with Gasteiger partial charge in [0, 0.05) is 29.6 Å². The fourth-order valence-corrected chi connectivity index (χ4v) is 5.98. The number of benzene rings is 2. The minimum Gasteiger partial charge on any atom is -0.497 e.